The minimum Gasteiger partial charge on any atom is -0.484 e. The van der Waals surface area contributed by atoms with E-state index in [9.17, 15) is 9.59 Å². The summed E-state index contributed by atoms with van der Waals surface area (Å²) in [5.41, 5.74) is 2.93. The second-order valence-electron chi connectivity index (χ2n) is 6.33. The van der Waals surface area contributed by atoms with Crippen LogP contribution in [0.3, 0.4) is 0 Å². The van der Waals surface area contributed by atoms with E-state index in [1.54, 1.807) is 35.1 Å². The molecule has 0 radical (unpaired) electrons. The lowest BCUT2D eigenvalue weighted by molar-refractivity contribution is -0.122. The Labute approximate surface area is 169 Å². The SMILES string of the molecule is CCNC(=O)COc1ccc(NC(=O)c2cnn(-c3ccccc3)c2CC)cc1. The third-order valence-electron chi connectivity index (χ3n) is 4.31. The number of carbonyl (C=O) groups excluding carboxylic acids is 2. The Morgan fingerprint density at radius 2 is 1.76 bits per heavy atom. The van der Waals surface area contributed by atoms with Gasteiger partial charge in [0.15, 0.2) is 6.61 Å². The van der Waals surface area contributed by atoms with Gasteiger partial charge >= 0.3 is 0 Å². The van der Waals surface area contributed by atoms with Crippen molar-refractivity contribution in [2.45, 2.75) is 20.3 Å². The van der Waals surface area contributed by atoms with Crippen molar-refractivity contribution in [3.63, 3.8) is 0 Å². The Morgan fingerprint density at radius 1 is 1.03 bits per heavy atom. The molecule has 0 atom stereocenters. The van der Waals surface area contributed by atoms with Gasteiger partial charge in [-0.05, 0) is 49.7 Å². The molecule has 3 rings (SSSR count). The zero-order valence-electron chi connectivity index (χ0n) is 16.5. The number of likely N-dealkylation sites (N-methyl/N-ethyl adjacent to an activating group) is 1. The zero-order valence-corrected chi connectivity index (χ0v) is 16.5. The molecule has 1 heterocycles. The maximum absolute atomic E-state index is 12.8. The van der Waals surface area contributed by atoms with E-state index in [0.29, 0.717) is 30.0 Å². The normalized spacial score (nSPS) is 10.4. The van der Waals surface area contributed by atoms with Crippen molar-refractivity contribution in [3.8, 4) is 11.4 Å². The Kier molecular flexibility index (Phi) is 6.63. The molecule has 2 N–H and O–H groups in total. The van der Waals surface area contributed by atoms with Crippen LogP contribution in [-0.4, -0.2) is 34.7 Å². The molecular weight excluding hydrogens is 368 g/mol. The highest BCUT2D eigenvalue weighted by molar-refractivity contribution is 6.05. The predicted octanol–water partition coefficient (Wildman–Crippen LogP) is 3.20. The standard InChI is InChI=1S/C22H24N4O3/c1-3-20-19(14-24-26(20)17-8-6-5-7-9-17)22(28)25-16-10-12-18(13-11-16)29-15-21(27)23-4-2/h5-14H,3-4,15H2,1-2H3,(H,23,27)(H,25,28). The molecule has 0 saturated carbocycles. The Balaban J connectivity index is 1.68. The van der Waals surface area contributed by atoms with Crippen LogP contribution in [0.2, 0.25) is 0 Å². The van der Waals surface area contributed by atoms with Crippen LogP contribution in [-0.2, 0) is 11.2 Å². The number of nitrogens with one attached hydrogen (secondary N) is 2. The molecule has 150 valence electrons. The summed E-state index contributed by atoms with van der Waals surface area (Å²) in [6.45, 7) is 4.36. The third kappa shape index (κ3) is 5.01. The highest BCUT2D eigenvalue weighted by Crippen LogP contribution is 2.19. The highest BCUT2D eigenvalue weighted by atomic mass is 16.5. The van der Waals surface area contributed by atoms with E-state index in [4.69, 9.17) is 4.74 Å². The lowest BCUT2D eigenvalue weighted by atomic mass is 10.2. The molecule has 3 aromatic rings. The summed E-state index contributed by atoms with van der Waals surface area (Å²) in [7, 11) is 0. The van der Waals surface area contributed by atoms with Crippen molar-refractivity contribution in [1.29, 1.82) is 0 Å². The first-order valence-corrected chi connectivity index (χ1v) is 9.55. The van der Waals surface area contributed by atoms with E-state index in [1.807, 2.05) is 44.2 Å². The van der Waals surface area contributed by atoms with Crippen molar-refractivity contribution < 1.29 is 14.3 Å². The van der Waals surface area contributed by atoms with E-state index in [-0.39, 0.29) is 18.4 Å². The number of hydrogen-bond acceptors (Lipinski definition) is 4. The molecular formula is C22H24N4O3. The zero-order chi connectivity index (χ0) is 20.6. The van der Waals surface area contributed by atoms with E-state index in [1.165, 1.54) is 0 Å². The average Bonchev–Trinajstić information content (AvgIpc) is 3.18. The minimum absolute atomic E-state index is 0.0436. The molecule has 1 aromatic heterocycles. The Morgan fingerprint density at radius 3 is 2.41 bits per heavy atom. The van der Waals surface area contributed by atoms with Crippen LogP contribution >= 0.6 is 0 Å². The van der Waals surface area contributed by atoms with Gasteiger partial charge in [-0.15, -0.1) is 0 Å². The summed E-state index contributed by atoms with van der Waals surface area (Å²) in [6.07, 6.45) is 2.26. The molecule has 2 amide bonds. The number of rotatable bonds is 8. The van der Waals surface area contributed by atoms with Gasteiger partial charge in [0, 0.05) is 12.2 Å². The number of ether oxygens (including phenoxy) is 1. The topological polar surface area (TPSA) is 85.2 Å². The van der Waals surface area contributed by atoms with E-state index < -0.39 is 0 Å². The Hall–Kier alpha value is -3.61. The summed E-state index contributed by atoms with van der Waals surface area (Å²) in [4.78, 5) is 24.2. The van der Waals surface area contributed by atoms with Crippen molar-refractivity contribution >= 4 is 17.5 Å². The molecule has 2 aromatic carbocycles. The average molecular weight is 392 g/mol. The molecule has 7 heteroatoms. The molecule has 0 saturated heterocycles. The van der Waals surface area contributed by atoms with Crippen LogP contribution < -0.4 is 15.4 Å². The van der Waals surface area contributed by atoms with Gasteiger partial charge in [0.05, 0.1) is 23.1 Å². The van der Waals surface area contributed by atoms with Crippen LogP contribution in [0.4, 0.5) is 5.69 Å². The van der Waals surface area contributed by atoms with Crippen molar-refractivity contribution in [1.82, 2.24) is 15.1 Å². The summed E-state index contributed by atoms with van der Waals surface area (Å²) < 4.78 is 7.20. The molecule has 0 aliphatic rings. The van der Waals surface area contributed by atoms with Crippen molar-refractivity contribution in [2.24, 2.45) is 0 Å². The summed E-state index contributed by atoms with van der Waals surface area (Å²) in [5, 5.41) is 9.94. The number of para-hydroxylation sites is 1. The van der Waals surface area contributed by atoms with Crippen LogP contribution in [0.25, 0.3) is 5.69 Å². The second kappa shape index (κ2) is 9.54. The van der Waals surface area contributed by atoms with Gasteiger partial charge < -0.3 is 15.4 Å². The van der Waals surface area contributed by atoms with Crippen LogP contribution in [0.5, 0.6) is 5.75 Å². The number of hydrogen-bond donors (Lipinski definition) is 2. The van der Waals surface area contributed by atoms with Crippen LogP contribution in [0.1, 0.15) is 29.9 Å². The number of nitrogens with zero attached hydrogens (tertiary/aromatic N) is 2. The summed E-state index contributed by atoms with van der Waals surface area (Å²) in [6, 6.07) is 16.6. The number of anilines is 1. The number of aromatic nitrogens is 2. The minimum atomic E-state index is -0.222. The third-order valence-corrected chi connectivity index (χ3v) is 4.31. The quantitative estimate of drug-likeness (QED) is 0.616. The fourth-order valence-electron chi connectivity index (χ4n) is 2.93. The van der Waals surface area contributed by atoms with Gasteiger partial charge in [-0.1, -0.05) is 25.1 Å². The lowest BCUT2D eigenvalue weighted by Crippen LogP contribution is -2.28. The van der Waals surface area contributed by atoms with Gasteiger partial charge in [-0.25, -0.2) is 4.68 Å². The molecule has 0 aliphatic heterocycles. The van der Waals surface area contributed by atoms with E-state index in [2.05, 4.69) is 15.7 Å². The fraction of sp³-hybridized carbons (Fsp3) is 0.227. The molecule has 0 spiro atoms. The molecule has 0 unspecified atom stereocenters. The van der Waals surface area contributed by atoms with Gasteiger partial charge in [0.25, 0.3) is 11.8 Å². The summed E-state index contributed by atoms with van der Waals surface area (Å²) in [5.74, 6) is 0.160. The predicted molar refractivity (Wildman–Crippen MR) is 112 cm³/mol. The first kappa shape index (κ1) is 20.1. The number of carbonyl (C=O) groups is 2. The largest absolute Gasteiger partial charge is 0.484 e. The smallest absolute Gasteiger partial charge is 0.259 e. The molecule has 0 fully saturated rings. The second-order valence-corrected chi connectivity index (χ2v) is 6.33. The maximum atomic E-state index is 12.8. The lowest BCUT2D eigenvalue weighted by Gasteiger charge is -2.10. The fourth-order valence-corrected chi connectivity index (χ4v) is 2.93. The summed E-state index contributed by atoms with van der Waals surface area (Å²) >= 11 is 0. The van der Waals surface area contributed by atoms with Gasteiger partial charge in [0.1, 0.15) is 5.75 Å². The number of benzene rings is 2. The maximum Gasteiger partial charge on any atom is 0.259 e. The number of amides is 2. The molecule has 7 nitrogen and oxygen atoms in total. The monoisotopic (exact) mass is 392 g/mol. The van der Waals surface area contributed by atoms with Gasteiger partial charge in [-0.3, -0.25) is 9.59 Å². The van der Waals surface area contributed by atoms with E-state index >= 15 is 0 Å². The first-order valence-electron chi connectivity index (χ1n) is 9.55. The van der Waals surface area contributed by atoms with Crippen molar-refractivity contribution in [2.75, 3.05) is 18.5 Å². The van der Waals surface area contributed by atoms with Crippen LogP contribution in [0.15, 0.2) is 60.8 Å². The molecule has 0 aliphatic carbocycles. The van der Waals surface area contributed by atoms with Crippen molar-refractivity contribution in [3.05, 3.63) is 72.1 Å². The molecule has 29 heavy (non-hydrogen) atoms. The Bertz CT molecular complexity index is 965. The first-order chi connectivity index (χ1) is 14.1. The van der Waals surface area contributed by atoms with Gasteiger partial charge in [-0.2, -0.15) is 5.10 Å². The van der Waals surface area contributed by atoms with Crippen LogP contribution in [0, 0.1) is 0 Å². The highest BCUT2D eigenvalue weighted by Gasteiger charge is 2.17. The van der Waals surface area contributed by atoms with E-state index in [0.717, 1.165) is 11.4 Å². The molecule has 0 bridgehead atoms. The van der Waals surface area contributed by atoms with Gasteiger partial charge in [0.2, 0.25) is 0 Å².